The molecule has 2 heterocycles. The number of fused-ring (bicyclic) bond motifs is 1. The predicted molar refractivity (Wildman–Crippen MR) is 150 cm³/mol. The first-order valence-corrected chi connectivity index (χ1v) is 13.4. The summed E-state index contributed by atoms with van der Waals surface area (Å²) in [6.07, 6.45) is 1.65. The number of rotatable bonds is 9. The van der Waals surface area contributed by atoms with E-state index in [1.807, 2.05) is 43.3 Å². The minimum Gasteiger partial charge on any atom is -0.463 e. The first kappa shape index (κ1) is 26.8. The van der Waals surface area contributed by atoms with E-state index in [4.69, 9.17) is 14.2 Å². The summed E-state index contributed by atoms with van der Waals surface area (Å²) in [6, 6.07) is 20.3. The van der Waals surface area contributed by atoms with Gasteiger partial charge in [-0.05, 0) is 54.8 Å². The zero-order valence-corrected chi connectivity index (χ0v) is 22.4. The number of unbranched alkanes of at least 4 members (excludes halogenated alkanes) is 1. The number of nitrogens with zero attached hydrogens (tertiary/aromatic N) is 1. The van der Waals surface area contributed by atoms with Crippen molar-refractivity contribution < 1.29 is 28.6 Å². The highest BCUT2D eigenvalue weighted by atomic mass is 16.7. The molecule has 0 aromatic heterocycles. The lowest BCUT2D eigenvalue weighted by molar-refractivity contribution is -0.138. The Balaban J connectivity index is 1.53. The van der Waals surface area contributed by atoms with Crippen molar-refractivity contribution in [3.8, 4) is 11.5 Å². The van der Waals surface area contributed by atoms with Crippen LogP contribution in [0.2, 0.25) is 0 Å². The van der Waals surface area contributed by atoms with Crippen LogP contribution in [0, 0.1) is 0 Å². The lowest BCUT2D eigenvalue weighted by atomic mass is 9.91. The Morgan fingerprint density at radius 1 is 1.00 bits per heavy atom. The molecule has 3 amide bonds. The Hall–Kier alpha value is -4.79. The summed E-state index contributed by atoms with van der Waals surface area (Å²) in [5.41, 5.74) is 3.15. The predicted octanol–water partition coefficient (Wildman–Crippen LogP) is 5.51. The monoisotopic (exact) mass is 541 g/mol. The summed E-state index contributed by atoms with van der Waals surface area (Å²) in [6.45, 7) is 4.55. The van der Waals surface area contributed by atoms with Crippen molar-refractivity contribution in [3.05, 3.63) is 95.1 Å². The van der Waals surface area contributed by atoms with Crippen LogP contribution in [0.5, 0.6) is 11.5 Å². The molecule has 1 unspecified atom stereocenters. The molecule has 206 valence electrons. The van der Waals surface area contributed by atoms with Crippen molar-refractivity contribution >= 4 is 29.3 Å². The Morgan fingerprint density at radius 2 is 1.80 bits per heavy atom. The molecule has 0 saturated heterocycles. The van der Waals surface area contributed by atoms with E-state index in [0.29, 0.717) is 46.1 Å². The zero-order chi connectivity index (χ0) is 28.1. The van der Waals surface area contributed by atoms with Gasteiger partial charge in [0.25, 0.3) is 5.91 Å². The highest BCUT2D eigenvalue weighted by molar-refractivity contribution is 6.06. The number of amides is 3. The van der Waals surface area contributed by atoms with Crippen LogP contribution >= 0.6 is 0 Å². The second kappa shape index (κ2) is 11.9. The number of carbonyl (C=O) groups is 3. The molecule has 2 aliphatic rings. The van der Waals surface area contributed by atoms with Crippen LogP contribution < -0.4 is 20.1 Å². The lowest BCUT2D eigenvalue weighted by Crippen LogP contribution is -2.48. The molecule has 2 aliphatic heterocycles. The van der Waals surface area contributed by atoms with E-state index in [0.717, 1.165) is 18.4 Å². The Morgan fingerprint density at radius 3 is 2.58 bits per heavy atom. The average molecular weight is 542 g/mol. The van der Waals surface area contributed by atoms with Crippen LogP contribution in [-0.2, 0) is 9.53 Å². The molecule has 3 aromatic rings. The Kier molecular flexibility index (Phi) is 8.00. The van der Waals surface area contributed by atoms with Crippen LogP contribution in [0.1, 0.15) is 54.2 Å². The molecule has 2 N–H and O–H groups in total. The number of nitrogens with one attached hydrogen (secondary N) is 2. The summed E-state index contributed by atoms with van der Waals surface area (Å²) in [4.78, 5) is 41.6. The lowest BCUT2D eigenvalue weighted by Gasteiger charge is -2.37. The first-order valence-electron chi connectivity index (χ1n) is 13.4. The van der Waals surface area contributed by atoms with Gasteiger partial charge >= 0.3 is 12.0 Å². The molecule has 3 aromatic carbocycles. The largest absolute Gasteiger partial charge is 0.463 e. The summed E-state index contributed by atoms with van der Waals surface area (Å²) in [5.74, 6) is 0.256. The minimum atomic E-state index is -0.790. The summed E-state index contributed by atoms with van der Waals surface area (Å²) < 4.78 is 16.2. The quantitative estimate of drug-likeness (QED) is 0.346. The number of esters is 1. The van der Waals surface area contributed by atoms with Gasteiger partial charge in [-0.2, -0.15) is 0 Å². The third-order valence-corrected chi connectivity index (χ3v) is 6.72. The maximum absolute atomic E-state index is 13.5. The van der Waals surface area contributed by atoms with Gasteiger partial charge in [-0.25, -0.2) is 9.59 Å². The molecule has 9 heteroatoms. The Bertz CT molecular complexity index is 1450. The van der Waals surface area contributed by atoms with Crippen LogP contribution in [0.15, 0.2) is 78.4 Å². The molecule has 0 fully saturated rings. The summed E-state index contributed by atoms with van der Waals surface area (Å²) in [5, 5.41) is 5.90. The standard InChI is InChI=1S/C31H31N3O6/c1-3-5-16-34-28(20-10-7-6-8-11-20)26(30(36)38-4-2)27(33-31(34)37)21-12-9-13-23(17-21)32-29(35)22-14-15-24-25(18-22)40-19-39-24/h6-15,17-18,27H,3-5,16,19H2,1-2H3,(H,32,35)(H,33,37). The number of urea groups is 1. The number of carbonyl (C=O) groups excluding carboxylic acids is 3. The molecule has 0 bridgehead atoms. The van der Waals surface area contributed by atoms with E-state index < -0.39 is 12.0 Å². The second-order valence-electron chi connectivity index (χ2n) is 9.38. The third-order valence-electron chi connectivity index (χ3n) is 6.72. The maximum atomic E-state index is 13.5. The van der Waals surface area contributed by atoms with Crippen LogP contribution in [-0.4, -0.2) is 42.8 Å². The van der Waals surface area contributed by atoms with Gasteiger partial charge in [0, 0.05) is 17.8 Å². The number of benzene rings is 3. The molecular weight excluding hydrogens is 510 g/mol. The molecular formula is C31H31N3O6. The van der Waals surface area contributed by atoms with Crippen molar-refractivity contribution in [3.63, 3.8) is 0 Å². The molecule has 0 spiro atoms. The fourth-order valence-corrected chi connectivity index (χ4v) is 4.80. The summed E-state index contributed by atoms with van der Waals surface area (Å²) >= 11 is 0. The minimum absolute atomic E-state index is 0.118. The summed E-state index contributed by atoms with van der Waals surface area (Å²) in [7, 11) is 0. The molecule has 0 radical (unpaired) electrons. The van der Waals surface area contributed by atoms with E-state index in [1.165, 1.54) is 0 Å². The highest BCUT2D eigenvalue weighted by Gasteiger charge is 2.38. The normalized spacial score (nSPS) is 16.0. The van der Waals surface area contributed by atoms with E-state index in [9.17, 15) is 14.4 Å². The van der Waals surface area contributed by atoms with Gasteiger partial charge in [-0.1, -0.05) is 55.8 Å². The van der Waals surface area contributed by atoms with Crippen molar-refractivity contribution in [1.82, 2.24) is 10.2 Å². The van der Waals surface area contributed by atoms with Gasteiger partial charge in [0.15, 0.2) is 11.5 Å². The number of ether oxygens (including phenoxy) is 3. The fraction of sp³-hybridized carbons (Fsp3) is 0.258. The van der Waals surface area contributed by atoms with E-state index in [-0.39, 0.29) is 25.3 Å². The third kappa shape index (κ3) is 5.49. The van der Waals surface area contributed by atoms with Gasteiger partial charge in [-0.15, -0.1) is 0 Å². The van der Waals surface area contributed by atoms with Gasteiger partial charge < -0.3 is 24.8 Å². The van der Waals surface area contributed by atoms with Crippen LogP contribution in [0.3, 0.4) is 0 Å². The molecule has 40 heavy (non-hydrogen) atoms. The van der Waals surface area contributed by atoms with E-state index in [1.54, 1.807) is 48.2 Å². The molecule has 5 rings (SSSR count). The van der Waals surface area contributed by atoms with E-state index >= 15 is 0 Å². The Labute approximate surface area is 232 Å². The van der Waals surface area contributed by atoms with Crippen molar-refractivity contribution in [2.75, 3.05) is 25.3 Å². The number of hydrogen-bond donors (Lipinski definition) is 2. The van der Waals surface area contributed by atoms with Crippen LogP contribution in [0.4, 0.5) is 10.5 Å². The van der Waals surface area contributed by atoms with Gasteiger partial charge in [0.05, 0.1) is 23.9 Å². The zero-order valence-electron chi connectivity index (χ0n) is 22.4. The fourth-order valence-electron chi connectivity index (χ4n) is 4.80. The first-order chi connectivity index (χ1) is 19.5. The topological polar surface area (TPSA) is 106 Å². The van der Waals surface area contributed by atoms with Crippen molar-refractivity contribution in [2.45, 2.75) is 32.7 Å². The number of anilines is 1. The van der Waals surface area contributed by atoms with Crippen molar-refractivity contribution in [1.29, 1.82) is 0 Å². The van der Waals surface area contributed by atoms with Crippen LogP contribution in [0.25, 0.3) is 5.70 Å². The average Bonchev–Trinajstić information content (AvgIpc) is 3.45. The maximum Gasteiger partial charge on any atom is 0.338 e. The second-order valence-corrected chi connectivity index (χ2v) is 9.38. The number of hydrogen-bond acceptors (Lipinski definition) is 6. The smallest absolute Gasteiger partial charge is 0.338 e. The van der Waals surface area contributed by atoms with E-state index in [2.05, 4.69) is 10.6 Å². The van der Waals surface area contributed by atoms with Gasteiger partial charge in [-0.3, -0.25) is 9.69 Å². The van der Waals surface area contributed by atoms with Gasteiger partial charge in [0.2, 0.25) is 6.79 Å². The molecule has 1 atom stereocenters. The molecule has 0 aliphatic carbocycles. The molecule has 0 saturated carbocycles. The van der Waals surface area contributed by atoms with Crippen molar-refractivity contribution in [2.24, 2.45) is 0 Å². The SMILES string of the molecule is CCCCN1C(=O)NC(c2cccc(NC(=O)c3ccc4c(c3)OCO4)c2)C(C(=O)OCC)=C1c1ccccc1. The molecule has 9 nitrogen and oxygen atoms in total. The van der Waals surface area contributed by atoms with Gasteiger partial charge in [0.1, 0.15) is 0 Å². The highest BCUT2D eigenvalue weighted by Crippen LogP contribution is 2.38.